The van der Waals surface area contributed by atoms with E-state index in [-0.39, 0.29) is 20.7 Å². The Bertz CT molecular complexity index is 1030. The molecule has 0 aliphatic heterocycles. The molecular formula is C18H17BrN2O6S. The fourth-order valence-corrected chi connectivity index (χ4v) is 3.10. The second kappa shape index (κ2) is 8.63. The first-order chi connectivity index (χ1) is 13.0. The zero-order chi connectivity index (χ0) is 21.1. The van der Waals surface area contributed by atoms with Crippen LogP contribution < -0.4 is 10.5 Å². The quantitative estimate of drug-likeness (QED) is 0.494. The highest BCUT2D eigenvalue weighted by Crippen LogP contribution is 2.22. The van der Waals surface area contributed by atoms with Crippen molar-refractivity contribution in [3.05, 3.63) is 58.1 Å². The number of carbonyl (C=O) groups excluding carboxylic acids is 3. The Labute approximate surface area is 170 Å². The molecule has 1 unspecified atom stereocenters. The van der Waals surface area contributed by atoms with Crippen LogP contribution in [0.15, 0.2) is 51.8 Å². The molecule has 0 saturated heterocycles. The van der Waals surface area contributed by atoms with Gasteiger partial charge in [-0.25, -0.2) is 18.4 Å². The number of hydrogen-bond donors (Lipinski definition) is 2. The molecule has 0 radical (unpaired) electrons. The van der Waals surface area contributed by atoms with E-state index in [4.69, 9.17) is 9.88 Å². The van der Waals surface area contributed by atoms with Gasteiger partial charge in [0.15, 0.2) is 11.9 Å². The van der Waals surface area contributed by atoms with E-state index in [2.05, 4.69) is 21.2 Å². The number of halogens is 1. The lowest BCUT2D eigenvalue weighted by Gasteiger charge is -2.14. The molecule has 28 heavy (non-hydrogen) atoms. The summed E-state index contributed by atoms with van der Waals surface area (Å²) in [4.78, 5) is 35.6. The number of nitrogens with two attached hydrogens (primary N) is 1. The Balaban J connectivity index is 2.09. The van der Waals surface area contributed by atoms with E-state index in [1.54, 1.807) is 24.3 Å². The largest absolute Gasteiger partial charge is 0.449 e. The molecule has 0 bridgehead atoms. The molecule has 0 spiro atoms. The summed E-state index contributed by atoms with van der Waals surface area (Å²) >= 11 is 3.13. The average molecular weight is 469 g/mol. The smallest absolute Gasteiger partial charge is 0.340 e. The van der Waals surface area contributed by atoms with E-state index in [9.17, 15) is 22.8 Å². The lowest BCUT2D eigenvalue weighted by molar-refractivity contribution is -0.123. The number of amides is 1. The van der Waals surface area contributed by atoms with Crippen molar-refractivity contribution in [1.29, 1.82) is 0 Å². The van der Waals surface area contributed by atoms with Crippen LogP contribution in [0.4, 0.5) is 5.69 Å². The van der Waals surface area contributed by atoms with Crippen molar-refractivity contribution < 1.29 is 27.5 Å². The third-order valence-corrected chi connectivity index (χ3v) is 5.30. The predicted octanol–water partition coefficient (Wildman–Crippen LogP) is 2.48. The summed E-state index contributed by atoms with van der Waals surface area (Å²) < 4.78 is 28.3. The number of anilines is 1. The Kier molecular flexibility index (Phi) is 6.70. The molecule has 10 heteroatoms. The molecule has 0 aliphatic carbocycles. The maximum absolute atomic E-state index is 12.3. The number of nitrogens with one attached hydrogen (secondary N) is 1. The van der Waals surface area contributed by atoms with Crippen LogP contribution in [0.3, 0.4) is 0 Å². The molecule has 0 aromatic heterocycles. The Morgan fingerprint density at radius 3 is 2.25 bits per heavy atom. The monoisotopic (exact) mass is 468 g/mol. The Morgan fingerprint density at radius 1 is 1.11 bits per heavy atom. The Hall–Kier alpha value is -2.56. The van der Waals surface area contributed by atoms with Crippen LogP contribution in [-0.2, 0) is 19.6 Å². The molecule has 0 aliphatic rings. The number of sulfonamides is 1. The summed E-state index contributed by atoms with van der Waals surface area (Å²) in [6.07, 6.45) is -1.16. The van der Waals surface area contributed by atoms with Crippen LogP contribution in [0.2, 0.25) is 0 Å². The maximum Gasteiger partial charge on any atom is 0.340 e. The van der Waals surface area contributed by atoms with Crippen molar-refractivity contribution in [1.82, 2.24) is 0 Å². The topological polar surface area (TPSA) is 133 Å². The van der Waals surface area contributed by atoms with Gasteiger partial charge in [0.05, 0.1) is 10.5 Å². The molecule has 2 rings (SSSR count). The van der Waals surface area contributed by atoms with Gasteiger partial charge < -0.3 is 10.1 Å². The van der Waals surface area contributed by atoms with E-state index in [1.807, 2.05) is 0 Å². The van der Waals surface area contributed by atoms with E-state index < -0.39 is 28.0 Å². The molecule has 2 aromatic carbocycles. The van der Waals surface area contributed by atoms with Gasteiger partial charge in [-0.15, -0.1) is 0 Å². The van der Waals surface area contributed by atoms with Crippen molar-refractivity contribution in [2.45, 2.75) is 24.8 Å². The minimum atomic E-state index is -4.00. The number of carbonyl (C=O) groups is 3. The first kappa shape index (κ1) is 21.7. The van der Waals surface area contributed by atoms with Crippen LogP contribution >= 0.6 is 15.9 Å². The highest BCUT2D eigenvalue weighted by molar-refractivity contribution is 9.10. The molecular weight excluding hydrogens is 452 g/mol. The van der Waals surface area contributed by atoms with Crippen LogP contribution in [0.1, 0.15) is 34.6 Å². The number of rotatable bonds is 6. The lowest BCUT2D eigenvalue weighted by atomic mass is 10.1. The molecule has 148 valence electrons. The molecule has 0 fully saturated rings. The third-order valence-electron chi connectivity index (χ3n) is 3.70. The van der Waals surface area contributed by atoms with E-state index in [0.717, 1.165) is 6.07 Å². The standard InChI is InChI=1S/C18H17BrN2O6S/c1-10(22)12-3-5-13(6-4-12)21-17(23)11(2)27-18(24)15-9-14(28(20,25)26)7-8-16(15)19/h3-9,11H,1-2H3,(H,21,23)(H2,20,25,26). The van der Waals surface area contributed by atoms with Gasteiger partial charge in [-0.3, -0.25) is 9.59 Å². The van der Waals surface area contributed by atoms with Crippen molar-refractivity contribution in [2.75, 3.05) is 5.32 Å². The van der Waals surface area contributed by atoms with E-state index in [0.29, 0.717) is 11.3 Å². The van der Waals surface area contributed by atoms with Crippen molar-refractivity contribution in [3.8, 4) is 0 Å². The highest BCUT2D eigenvalue weighted by atomic mass is 79.9. The molecule has 1 atom stereocenters. The van der Waals surface area contributed by atoms with Crippen molar-refractivity contribution in [3.63, 3.8) is 0 Å². The number of Topliss-reactive ketones (excluding diaryl/α,β-unsaturated/α-hetero) is 1. The summed E-state index contributed by atoms with van der Waals surface area (Å²) in [6, 6.07) is 9.86. The fourth-order valence-electron chi connectivity index (χ4n) is 2.15. The lowest BCUT2D eigenvalue weighted by Crippen LogP contribution is -2.30. The second-order valence-electron chi connectivity index (χ2n) is 5.86. The predicted molar refractivity (Wildman–Crippen MR) is 105 cm³/mol. The minimum absolute atomic E-state index is 0.0861. The van der Waals surface area contributed by atoms with Gasteiger partial charge in [-0.1, -0.05) is 0 Å². The molecule has 1 amide bonds. The first-order valence-electron chi connectivity index (χ1n) is 7.94. The number of primary sulfonamides is 1. The van der Waals surface area contributed by atoms with Crippen LogP contribution in [0, 0.1) is 0 Å². The summed E-state index contributed by atoms with van der Waals surface area (Å²) in [5.41, 5.74) is 0.837. The SMILES string of the molecule is CC(=O)c1ccc(NC(=O)C(C)OC(=O)c2cc(S(N)(=O)=O)ccc2Br)cc1. The molecule has 3 N–H and O–H groups in total. The number of hydrogen-bond acceptors (Lipinski definition) is 6. The van der Waals surface area contributed by atoms with Gasteiger partial charge in [0.2, 0.25) is 10.0 Å². The fraction of sp³-hybridized carbons (Fsp3) is 0.167. The first-order valence-corrected chi connectivity index (χ1v) is 10.3. The van der Waals surface area contributed by atoms with Gasteiger partial charge in [-0.05, 0) is 72.2 Å². The number of esters is 1. The summed E-state index contributed by atoms with van der Waals surface area (Å²) in [5, 5.41) is 7.62. The van der Waals surface area contributed by atoms with Crippen molar-refractivity contribution >= 4 is 49.3 Å². The van der Waals surface area contributed by atoms with Crippen molar-refractivity contribution in [2.24, 2.45) is 5.14 Å². The maximum atomic E-state index is 12.3. The van der Waals surface area contributed by atoms with Crippen LogP contribution in [0.25, 0.3) is 0 Å². The minimum Gasteiger partial charge on any atom is -0.449 e. The highest BCUT2D eigenvalue weighted by Gasteiger charge is 2.22. The zero-order valence-electron chi connectivity index (χ0n) is 14.9. The number of ketones is 1. The van der Waals surface area contributed by atoms with E-state index in [1.165, 1.54) is 26.0 Å². The van der Waals surface area contributed by atoms with Gasteiger partial charge in [-0.2, -0.15) is 0 Å². The van der Waals surface area contributed by atoms with Crippen LogP contribution in [0.5, 0.6) is 0 Å². The summed E-state index contributed by atoms with van der Waals surface area (Å²) in [5.74, 6) is -1.60. The average Bonchev–Trinajstić information content (AvgIpc) is 2.61. The van der Waals surface area contributed by atoms with Gasteiger partial charge in [0.25, 0.3) is 5.91 Å². The molecule has 0 heterocycles. The molecule has 8 nitrogen and oxygen atoms in total. The summed E-state index contributed by atoms with van der Waals surface area (Å²) in [7, 11) is -4.00. The molecule has 0 saturated carbocycles. The van der Waals surface area contributed by atoms with Crippen LogP contribution in [-0.4, -0.2) is 32.2 Å². The third kappa shape index (κ3) is 5.47. The molecule has 2 aromatic rings. The zero-order valence-corrected chi connectivity index (χ0v) is 17.3. The van der Waals surface area contributed by atoms with Gasteiger partial charge in [0.1, 0.15) is 0 Å². The van der Waals surface area contributed by atoms with E-state index >= 15 is 0 Å². The Morgan fingerprint density at radius 2 is 1.71 bits per heavy atom. The van der Waals surface area contributed by atoms with Gasteiger partial charge >= 0.3 is 5.97 Å². The second-order valence-corrected chi connectivity index (χ2v) is 8.27. The van der Waals surface area contributed by atoms with Gasteiger partial charge in [0, 0.05) is 15.7 Å². The number of ether oxygens (including phenoxy) is 1. The normalized spacial score (nSPS) is 12.1. The summed E-state index contributed by atoms with van der Waals surface area (Å²) in [6.45, 7) is 2.80. The number of benzene rings is 2.